The highest BCUT2D eigenvalue weighted by Gasteiger charge is 2.41. The molecule has 0 radical (unpaired) electrons. The Balaban J connectivity index is 2.47. The number of halogens is 2. The lowest BCUT2D eigenvalue weighted by molar-refractivity contribution is 0.0164. The minimum Gasteiger partial charge on any atom is -0.464 e. The van der Waals surface area contributed by atoms with Gasteiger partial charge in [-0.3, -0.25) is 0 Å². The first-order valence-electron chi connectivity index (χ1n) is 6.21. The Kier molecular flexibility index (Phi) is 4.41. The molecular weight excluding hydrogens is 285 g/mol. The summed E-state index contributed by atoms with van der Waals surface area (Å²) in [6, 6.07) is 7.02. The van der Waals surface area contributed by atoms with Crippen molar-refractivity contribution in [2.75, 3.05) is 6.54 Å². The molecular formula is C14H17Cl2NO2. The highest BCUT2D eigenvalue weighted by molar-refractivity contribution is 6.45. The smallest absolute Gasteiger partial charge is 0.142 e. The standard InChI is InChI=1S/C14H17Cl2NO2/c1-3-17-9(2)14(18,13(15)16)11-4-5-12-10(8-11)6-7-19-12/h4-9,13,17-18H,3H2,1-2H3. The van der Waals surface area contributed by atoms with Crippen LogP contribution in [0.5, 0.6) is 0 Å². The molecule has 0 saturated carbocycles. The Hall–Kier alpha value is -0.740. The van der Waals surface area contributed by atoms with Gasteiger partial charge in [0.2, 0.25) is 0 Å². The zero-order valence-electron chi connectivity index (χ0n) is 10.9. The van der Waals surface area contributed by atoms with Crippen molar-refractivity contribution < 1.29 is 9.52 Å². The molecule has 0 amide bonds. The lowest BCUT2D eigenvalue weighted by Gasteiger charge is -2.36. The lowest BCUT2D eigenvalue weighted by Crippen LogP contribution is -2.50. The number of alkyl halides is 2. The van der Waals surface area contributed by atoms with Crippen molar-refractivity contribution in [2.45, 2.75) is 30.3 Å². The molecule has 2 N–H and O–H groups in total. The maximum absolute atomic E-state index is 10.9. The molecule has 0 fully saturated rings. The van der Waals surface area contributed by atoms with Gasteiger partial charge < -0.3 is 14.8 Å². The summed E-state index contributed by atoms with van der Waals surface area (Å²) >= 11 is 12.1. The number of hydrogen-bond acceptors (Lipinski definition) is 3. The van der Waals surface area contributed by atoms with E-state index in [1.54, 1.807) is 12.3 Å². The Bertz CT molecular complexity index is 555. The summed E-state index contributed by atoms with van der Waals surface area (Å²) in [7, 11) is 0. The van der Waals surface area contributed by atoms with Gasteiger partial charge in [0.1, 0.15) is 16.0 Å². The first-order chi connectivity index (χ1) is 9.00. The van der Waals surface area contributed by atoms with E-state index in [0.29, 0.717) is 5.56 Å². The molecule has 2 rings (SSSR count). The van der Waals surface area contributed by atoms with Crippen molar-refractivity contribution in [3.63, 3.8) is 0 Å². The number of aliphatic hydroxyl groups is 1. The first kappa shape index (κ1) is 14.7. The first-order valence-corrected chi connectivity index (χ1v) is 7.09. The van der Waals surface area contributed by atoms with Crippen LogP contribution in [0.25, 0.3) is 11.0 Å². The van der Waals surface area contributed by atoms with Crippen LogP contribution in [0, 0.1) is 0 Å². The number of benzene rings is 1. The molecule has 3 nitrogen and oxygen atoms in total. The van der Waals surface area contributed by atoms with Gasteiger partial charge in [-0.15, -0.1) is 23.2 Å². The van der Waals surface area contributed by atoms with E-state index in [9.17, 15) is 5.11 Å². The Morgan fingerprint density at radius 2 is 2.11 bits per heavy atom. The SMILES string of the molecule is CCNC(C)C(O)(c1ccc2occc2c1)C(Cl)Cl. The van der Waals surface area contributed by atoms with Gasteiger partial charge in [-0.1, -0.05) is 13.0 Å². The van der Waals surface area contributed by atoms with E-state index < -0.39 is 10.4 Å². The molecule has 19 heavy (non-hydrogen) atoms. The third kappa shape index (κ3) is 2.61. The van der Waals surface area contributed by atoms with Gasteiger partial charge in [0.05, 0.1) is 6.26 Å². The minimum absolute atomic E-state index is 0.276. The van der Waals surface area contributed by atoms with E-state index in [1.165, 1.54) is 0 Å². The summed E-state index contributed by atoms with van der Waals surface area (Å²) in [5, 5.41) is 15.0. The van der Waals surface area contributed by atoms with Crippen LogP contribution in [0.2, 0.25) is 0 Å². The van der Waals surface area contributed by atoms with Gasteiger partial charge in [0, 0.05) is 11.4 Å². The molecule has 104 valence electrons. The third-order valence-corrected chi connectivity index (χ3v) is 4.08. The average molecular weight is 302 g/mol. The van der Waals surface area contributed by atoms with E-state index in [4.69, 9.17) is 27.6 Å². The lowest BCUT2D eigenvalue weighted by atomic mass is 9.88. The number of hydrogen-bond donors (Lipinski definition) is 2. The van der Waals surface area contributed by atoms with Crippen LogP contribution in [0.15, 0.2) is 34.9 Å². The monoisotopic (exact) mass is 301 g/mol. The van der Waals surface area contributed by atoms with Crippen molar-refractivity contribution in [1.29, 1.82) is 0 Å². The Labute approximate surface area is 122 Å². The summed E-state index contributed by atoms with van der Waals surface area (Å²) in [6.45, 7) is 4.55. The normalized spacial score (nSPS) is 16.7. The molecule has 0 aliphatic carbocycles. The molecule has 2 atom stereocenters. The van der Waals surface area contributed by atoms with E-state index in [2.05, 4.69) is 5.32 Å². The topological polar surface area (TPSA) is 45.4 Å². The molecule has 0 aliphatic rings. The summed E-state index contributed by atoms with van der Waals surface area (Å²) < 4.78 is 5.29. The van der Waals surface area contributed by atoms with Gasteiger partial charge in [0.25, 0.3) is 0 Å². The highest BCUT2D eigenvalue weighted by atomic mass is 35.5. The van der Waals surface area contributed by atoms with Crippen molar-refractivity contribution in [3.8, 4) is 0 Å². The fraction of sp³-hybridized carbons (Fsp3) is 0.429. The summed E-state index contributed by atoms with van der Waals surface area (Å²) in [5.74, 6) is 0. The van der Waals surface area contributed by atoms with Crippen LogP contribution in [0.3, 0.4) is 0 Å². The van der Waals surface area contributed by atoms with Gasteiger partial charge in [0.15, 0.2) is 0 Å². The fourth-order valence-corrected chi connectivity index (χ4v) is 2.87. The van der Waals surface area contributed by atoms with Crippen LogP contribution in [-0.4, -0.2) is 22.5 Å². The molecule has 1 aromatic heterocycles. The van der Waals surface area contributed by atoms with Crippen molar-refractivity contribution in [2.24, 2.45) is 0 Å². The van der Waals surface area contributed by atoms with Gasteiger partial charge >= 0.3 is 0 Å². The van der Waals surface area contributed by atoms with E-state index in [-0.39, 0.29) is 6.04 Å². The van der Waals surface area contributed by atoms with Crippen molar-refractivity contribution >= 4 is 34.2 Å². The average Bonchev–Trinajstić information content (AvgIpc) is 2.84. The molecule has 0 aliphatic heterocycles. The van der Waals surface area contributed by atoms with Crippen LogP contribution < -0.4 is 5.32 Å². The molecule has 0 saturated heterocycles. The van der Waals surface area contributed by atoms with Crippen molar-refractivity contribution in [1.82, 2.24) is 5.32 Å². The van der Waals surface area contributed by atoms with Crippen LogP contribution >= 0.6 is 23.2 Å². The molecule has 0 spiro atoms. The van der Waals surface area contributed by atoms with Gasteiger partial charge in [-0.25, -0.2) is 0 Å². The maximum atomic E-state index is 10.9. The Morgan fingerprint density at radius 3 is 2.74 bits per heavy atom. The second-order valence-corrected chi connectivity index (χ2v) is 5.67. The zero-order chi connectivity index (χ0) is 14.0. The quantitative estimate of drug-likeness (QED) is 0.832. The number of likely N-dealkylation sites (N-methyl/N-ethyl adjacent to an activating group) is 1. The van der Waals surface area contributed by atoms with Crippen LogP contribution in [0.1, 0.15) is 19.4 Å². The summed E-state index contributed by atoms with van der Waals surface area (Å²) in [4.78, 5) is -0.939. The number of fused-ring (bicyclic) bond motifs is 1. The van der Waals surface area contributed by atoms with Crippen molar-refractivity contribution in [3.05, 3.63) is 36.1 Å². The minimum atomic E-state index is -1.36. The molecule has 5 heteroatoms. The van der Waals surface area contributed by atoms with E-state index >= 15 is 0 Å². The molecule has 2 aromatic rings. The maximum Gasteiger partial charge on any atom is 0.142 e. The third-order valence-electron chi connectivity index (χ3n) is 3.42. The summed E-state index contributed by atoms with van der Waals surface area (Å²) in [6.07, 6.45) is 1.61. The number of nitrogens with one attached hydrogen (secondary N) is 1. The van der Waals surface area contributed by atoms with E-state index in [0.717, 1.165) is 17.5 Å². The molecule has 1 aromatic carbocycles. The molecule has 1 heterocycles. The number of rotatable bonds is 5. The number of furan rings is 1. The van der Waals surface area contributed by atoms with Gasteiger partial charge in [-0.2, -0.15) is 0 Å². The van der Waals surface area contributed by atoms with Crippen LogP contribution in [-0.2, 0) is 5.60 Å². The zero-order valence-corrected chi connectivity index (χ0v) is 12.4. The predicted molar refractivity (Wildman–Crippen MR) is 78.7 cm³/mol. The summed E-state index contributed by atoms with van der Waals surface area (Å²) in [5.41, 5.74) is 0.0812. The van der Waals surface area contributed by atoms with E-state index in [1.807, 2.05) is 32.0 Å². The Morgan fingerprint density at radius 1 is 1.37 bits per heavy atom. The fourth-order valence-electron chi connectivity index (χ4n) is 2.24. The second kappa shape index (κ2) is 5.71. The predicted octanol–water partition coefficient (Wildman–Crippen LogP) is 3.42. The molecule has 2 unspecified atom stereocenters. The largest absolute Gasteiger partial charge is 0.464 e. The van der Waals surface area contributed by atoms with Crippen LogP contribution in [0.4, 0.5) is 0 Å². The molecule has 0 bridgehead atoms. The second-order valence-electron chi connectivity index (χ2n) is 4.58. The highest BCUT2D eigenvalue weighted by Crippen LogP contribution is 2.36. The van der Waals surface area contributed by atoms with Gasteiger partial charge in [-0.05, 0) is 37.2 Å².